The molecule has 0 aliphatic carbocycles. The number of hydrogen-bond donors (Lipinski definition) is 2. The summed E-state index contributed by atoms with van der Waals surface area (Å²) < 4.78 is 5.40. The lowest BCUT2D eigenvalue weighted by molar-refractivity contribution is 0.317. The highest BCUT2D eigenvalue weighted by Gasteiger charge is 2.25. The van der Waals surface area contributed by atoms with Crippen LogP contribution in [0, 0.1) is 0 Å². The molecule has 0 spiro atoms. The van der Waals surface area contributed by atoms with Crippen molar-refractivity contribution in [2.75, 3.05) is 26.2 Å². The number of piperidine rings is 1. The lowest BCUT2D eigenvalue weighted by atomic mass is 9.98. The van der Waals surface area contributed by atoms with Crippen molar-refractivity contribution in [1.29, 1.82) is 0 Å². The predicted molar refractivity (Wildman–Crippen MR) is 59.4 cm³/mol. The van der Waals surface area contributed by atoms with E-state index in [2.05, 4.69) is 20.8 Å². The molecule has 1 aromatic rings. The van der Waals surface area contributed by atoms with E-state index in [-0.39, 0.29) is 0 Å². The molecule has 3 heterocycles. The molecule has 0 amide bonds. The fourth-order valence-electron chi connectivity index (χ4n) is 2.52. The molecule has 0 aromatic carbocycles. The van der Waals surface area contributed by atoms with Gasteiger partial charge in [-0.25, -0.2) is 0 Å². The van der Waals surface area contributed by atoms with Crippen LogP contribution in [0.25, 0.3) is 0 Å². The summed E-state index contributed by atoms with van der Waals surface area (Å²) in [5.41, 5.74) is 0. The largest absolute Gasteiger partial charge is 0.339 e. The van der Waals surface area contributed by atoms with E-state index in [1.54, 1.807) is 0 Å². The molecule has 2 fully saturated rings. The average Bonchev–Trinajstić information content (AvgIpc) is 3.01. The maximum absolute atomic E-state index is 5.40. The van der Waals surface area contributed by atoms with Crippen LogP contribution in [0.4, 0.5) is 0 Å². The SMILES string of the molecule is C1CC(c2nc(C3CCNC3)no2)CCN1. The van der Waals surface area contributed by atoms with Gasteiger partial charge in [-0.15, -0.1) is 0 Å². The first-order chi connectivity index (χ1) is 7.93. The molecule has 2 aliphatic heterocycles. The molecule has 16 heavy (non-hydrogen) atoms. The van der Waals surface area contributed by atoms with Crippen molar-refractivity contribution in [3.05, 3.63) is 11.7 Å². The normalized spacial score (nSPS) is 27.4. The minimum absolute atomic E-state index is 0.458. The van der Waals surface area contributed by atoms with Gasteiger partial charge in [0.05, 0.1) is 0 Å². The fourth-order valence-corrected chi connectivity index (χ4v) is 2.52. The summed E-state index contributed by atoms with van der Waals surface area (Å²) in [6.45, 7) is 4.19. The van der Waals surface area contributed by atoms with E-state index in [1.807, 2.05) is 0 Å². The van der Waals surface area contributed by atoms with Gasteiger partial charge in [-0.3, -0.25) is 0 Å². The van der Waals surface area contributed by atoms with Crippen molar-refractivity contribution in [3.8, 4) is 0 Å². The monoisotopic (exact) mass is 222 g/mol. The van der Waals surface area contributed by atoms with Crippen molar-refractivity contribution in [2.24, 2.45) is 0 Å². The molecule has 1 aromatic heterocycles. The van der Waals surface area contributed by atoms with Crippen molar-refractivity contribution in [3.63, 3.8) is 0 Å². The van der Waals surface area contributed by atoms with E-state index in [0.29, 0.717) is 11.8 Å². The van der Waals surface area contributed by atoms with Crippen LogP contribution in [0.3, 0.4) is 0 Å². The third kappa shape index (κ3) is 1.97. The Bertz CT molecular complexity index is 340. The van der Waals surface area contributed by atoms with E-state index in [1.165, 1.54) is 0 Å². The van der Waals surface area contributed by atoms with Crippen molar-refractivity contribution in [1.82, 2.24) is 20.8 Å². The second-order valence-corrected chi connectivity index (χ2v) is 4.70. The molecule has 2 saturated heterocycles. The van der Waals surface area contributed by atoms with Gasteiger partial charge in [0, 0.05) is 18.4 Å². The number of rotatable bonds is 2. The first kappa shape index (κ1) is 10.2. The molecule has 3 rings (SSSR count). The quantitative estimate of drug-likeness (QED) is 0.768. The predicted octanol–water partition coefficient (Wildman–Crippen LogP) is 0.614. The van der Waals surface area contributed by atoms with E-state index in [9.17, 15) is 0 Å². The molecule has 5 nitrogen and oxygen atoms in total. The van der Waals surface area contributed by atoms with Gasteiger partial charge < -0.3 is 15.2 Å². The van der Waals surface area contributed by atoms with Crippen LogP contribution in [0.15, 0.2) is 4.52 Å². The summed E-state index contributed by atoms with van der Waals surface area (Å²) in [5.74, 6) is 2.68. The van der Waals surface area contributed by atoms with Crippen LogP contribution >= 0.6 is 0 Å². The number of nitrogens with zero attached hydrogens (tertiary/aromatic N) is 2. The highest BCUT2D eigenvalue weighted by molar-refractivity contribution is 5.02. The van der Waals surface area contributed by atoms with Gasteiger partial charge in [0.1, 0.15) is 0 Å². The van der Waals surface area contributed by atoms with E-state index >= 15 is 0 Å². The molecule has 1 atom stereocenters. The number of hydrogen-bond acceptors (Lipinski definition) is 5. The van der Waals surface area contributed by atoms with Crippen molar-refractivity contribution >= 4 is 0 Å². The Kier molecular flexibility index (Phi) is 2.88. The highest BCUT2D eigenvalue weighted by atomic mass is 16.5. The van der Waals surface area contributed by atoms with Gasteiger partial charge in [-0.1, -0.05) is 5.16 Å². The van der Waals surface area contributed by atoms with Crippen LogP contribution in [-0.4, -0.2) is 36.3 Å². The second kappa shape index (κ2) is 4.51. The molecule has 0 radical (unpaired) electrons. The maximum atomic E-state index is 5.40. The van der Waals surface area contributed by atoms with E-state index < -0.39 is 0 Å². The van der Waals surface area contributed by atoms with Gasteiger partial charge in [-0.05, 0) is 38.9 Å². The Hall–Kier alpha value is -0.940. The lowest BCUT2D eigenvalue weighted by Gasteiger charge is -2.18. The summed E-state index contributed by atoms with van der Waals surface area (Å²) >= 11 is 0. The highest BCUT2D eigenvalue weighted by Crippen LogP contribution is 2.26. The van der Waals surface area contributed by atoms with Gasteiger partial charge in [-0.2, -0.15) is 4.98 Å². The minimum Gasteiger partial charge on any atom is -0.339 e. The Morgan fingerprint density at radius 1 is 1.00 bits per heavy atom. The number of nitrogens with one attached hydrogen (secondary N) is 2. The molecule has 5 heteroatoms. The van der Waals surface area contributed by atoms with Crippen molar-refractivity contribution in [2.45, 2.75) is 31.1 Å². The van der Waals surface area contributed by atoms with E-state index in [0.717, 1.165) is 57.2 Å². The third-order valence-electron chi connectivity index (χ3n) is 3.57. The maximum Gasteiger partial charge on any atom is 0.229 e. The Morgan fingerprint density at radius 2 is 1.75 bits per heavy atom. The Morgan fingerprint density at radius 3 is 2.50 bits per heavy atom. The minimum atomic E-state index is 0.458. The van der Waals surface area contributed by atoms with Crippen LogP contribution < -0.4 is 10.6 Å². The molecule has 0 saturated carbocycles. The topological polar surface area (TPSA) is 63.0 Å². The summed E-state index contributed by atoms with van der Waals surface area (Å²) in [4.78, 5) is 4.57. The van der Waals surface area contributed by atoms with Gasteiger partial charge >= 0.3 is 0 Å². The van der Waals surface area contributed by atoms with Crippen LogP contribution in [0.1, 0.15) is 42.8 Å². The summed E-state index contributed by atoms with van der Waals surface area (Å²) in [6.07, 6.45) is 3.36. The molecular weight excluding hydrogens is 204 g/mol. The Balaban J connectivity index is 1.71. The molecule has 0 bridgehead atoms. The number of aromatic nitrogens is 2. The third-order valence-corrected chi connectivity index (χ3v) is 3.57. The molecule has 88 valence electrons. The zero-order chi connectivity index (χ0) is 10.8. The summed E-state index contributed by atoms with van der Waals surface area (Å²) in [6, 6.07) is 0. The smallest absolute Gasteiger partial charge is 0.229 e. The van der Waals surface area contributed by atoms with Gasteiger partial charge in [0.15, 0.2) is 5.82 Å². The van der Waals surface area contributed by atoms with Gasteiger partial charge in [0.25, 0.3) is 0 Å². The van der Waals surface area contributed by atoms with Crippen LogP contribution in [-0.2, 0) is 0 Å². The first-order valence-corrected chi connectivity index (χ1v) is 6.18. The standard InChI is InChI=1S/C11H18N4O/c1-4-12-5-2-8(1)11-14-10(15-16-11)9-3-6-13-7-9/h8-9,12-13H,1-7H2. The van der Waals surface area contributed by atoms with Crippen LogP contribution in [0.2, 0.25) is 0 Å². The Labute approximate surface area is 95.0 Å². The molecule has 2 aliphatic rings. The molecular formula is C11H18N4O. The summed E-state index contributed by atoms with van der Waals surface area (Å²) in [7, 11) is 0. The summed E-state index contributed by atoms with van der Waals surface area (Å²) in [5, 5.41) is 10.8. The zero-order valence-corrected chi connectivity index (χ0v) is 9.41. The van der Waals surface area contributed by atoms with Crippen molar-refractivity contribution < 1.29 is 4.52 Å². The fraction of sp³-hybridized carbons (Fsp3) is 0.818. The molecule has 1 unspecified atom stereocenters. The first-order valence-electron chi connectivity index (χ1n) is 6.18. The average molecular weight is 222 g/mol. The second-order valence-electron chi connectivity index (χ2n) is 4.70. The zero-order valence-electron chi connectivity index (χ0n) is 9.41. The van der Waals surface area contributed by atoms with E-state index in [4.69, 9.17) is 4.52 Å². The molecule has 2 N–H and O–H groups in total. The lowest BCUT2D eigenvalue weighted by Crippen LogP contribution is -2.26. The van der Waals surface area contributed by atoms with Crippen LogP contribution in [0.5, 0.6) is 0 Å². The van der Waals surface area contributed by atoms with Gasteiger partial charge in [0.2, 0.25) is 5.89 Å².